The molecule has 14 nitrogen and oxygen atoms in total. The fraction of sp³-hybridized carbons (Fsp3) is 0.833. The third kappa shape index (κ3) is 17.0. The lowest BCUT2D eigenvalue weighted by Crippen LogP contribution is -2.50. The molecule has 4 N–H and O–H groups in total. The van der Waals surface area contributed by atoms with Crippen LogP contribution in [-0.2, 0) is 19.2 Å². The van der Waals surface area contributed by atoms with Crippen LogP contribution in [0.3, 0.4) is 0 Å². The highest BCUT2D eigenvalue weighted by atomic mass is 16.2. The van der Waals surface area contributed by atoms with E-state index in [9.17, 15) is 19.2 Å². The molecule has 2 atom stereocenters. The average molecular weight is 537 g/mol. The van der Waals surface area contributed by atoms with Gasteiger partial charge in [-0.3, -0.25) is 19.2 Å². The highest BCUT2D eigenvalue weighted by Crippen LogP contribution is 2.06. The number of azide groups is 2. The van der Waals surface area contributed by atoms with Crippen LogP contribution in [0.25, 0.3) is 20.9 Å². The maximum atomic E-state index is 12.5. The molecule has 0 aromatic rings. The minimum Gasteiger partial charge on any atom is -0.354 e. The Hall–Kier alpha value is -3.50. The first kappa shape index (κ1) is 34.5. The lowest BCUT2D eigenvalue weighted by atomic mass is 10.0. The van der Waals surface area contributed by atoms with E-state index in [4.69, 9.17) is 11.1 Å². The number of carbonyl (C=O) groups is 4. The standard InChI is InChI=1S/C24H44N10O4/c1-17(2)21(31-19(35)11-9-15-29-33-25)23(37)27-13-7-5-6-8-14-28-24(38)22(18(3)4)32-20(36)12-10-16-30-34-26/h17-18,21-22H,5-16H2,1-4H3,(H,27,37)(H,28,38)(H,31,35)(H,32,36)/t21-,22-/m0/s1. The molecule has 0 aliphatic rings. The molecule has 0 unspecified atom stereocenters. The zero-order valence-electron chi connectivity index (χ0n) is 23.1. The molecule has 0 aliphatic heterocycles. The first-order valence-corrected chi connectivity index (χ1v) is 13.3. The van der Waals surface area contributed by atoms with Gasteiger partial charge in [0, 0.05) is 48.8 Å². The van der Waals surface area contributed by atoms with Gasteiger partial charge in [0.15, 0.2) is 0 Å². The molecule has 4 amide bonds. The largest absolute Gasteiger partial charge is 0.354 e. The second-order valence-corrected chi connectivity index (χ2v) is 9.69. The van der Waals surface area contributed by atoms with Gasteiger partial charge in [0.1, 0.15) is 12.1 Å². The molecule has 14 heteroatoms. The molecule has 0 bridgehead atoms. The van der Waals surface area contributed by atoms with Gasteiger partial charge in [-0.05, 0) is 48.6 Å². The van der Waals surface area contributed by atoms with Crippen molar-refractivity contribution >= 4 is 23.6 Å². The molecule has 0 radical (unpaired) electrons. The number of unbranched alkanes of at least 4 members (excludes halogenated alkanes) is 3. The summed E-state index contributed by atoms with van der Waals surface area (Å²) in [4.78, 5) is 54.4. The van der Waals surface area contributed by atoms with E-state index in [1.54, 1.807) is 0 Å². The summed E-state index contributed by atoms with van der Waals surface area (Å²) in [7, 11) is 0. The number of amides is 4. The molecule has 0 aromatic carbocycles. The molecule has 0 aromatic heterocycles. The van der Waals surface area contributed by atoms with Crippen molar-refractivity contribution in [3.63, 3.8) is 0 Å². The number of nitrogens with zero attached hydrogens (tertiary/aromatic N) is 6. The Kier molecular flexibility index (Phi) is 19.6. The summed E-state index contributed by atoms with van der Waals surface area (Å²) in [6, 6.07) is -1.25. The third-order valence-electron chi connectivity index (χ3n) is 5.68. The maximum Gasteiger partial charge on any atom is 0.242 e. The van der Waals surface area contributed by atoms with E-state index >= 15 is 0 Å². The number of nitrogens with one attached hydrogen (secondary N) is 4. The van der Waals surface area contributed by atoms with E-state index in [1.165, 1.54) is 0 Å². The minimum absolute atomic E-state index is 0.0723. The first-order valence-electron chi connectivity index (χ1n) is 13.3. The quantitative estimate of drug-likeness (QED) is 0.0751. The predicted octanol–water partition coefficient (Wildman–Crippen LogP) is 3.24. The molecular weight excluding hydrogens is 492 g/mol. The van der Waals surface area contributed by atoms with Crippen molar-refractivity contribution < 1.29 is 19.2 Å². The number of hydrogen-bond donors (Lipinski definition) is 4. The highest BCUT2D eigenvalue weighted by molar-refractivity contribution is 5.88. The lowest BCUT2D eigenvalue weighted by Gasteiger charge is -2.22. The summed E-state index contributed by atoms with van der Waals surface area (Å²) in [5.41, 5.74) is 16.5. The summed E-state index contributed by atoms with van der Waals surface area (Å²) >= 11 is 0. The van der Waals surface area contributed by atoms with Gasteiger partial charge in [0.2, 0.25) is 23.6 Å². The van der Waals surface area contributed by atoms with Gasteiger partial charge >= 0.3 is 0 Å². The van der Waals surface area contributed by atoms with E-state index in [0.29, 0.717) is 25.9 Å². The van der Waals surface area contributed by atoms with Crippen LogP contribution in [0.1, 0.15) is 79.1 Å². The topological polar surface area (TPSA) is 214 Å². The fourth-order valence-electron chi connectivity index (χ4n) is 3.52. The smallest absolute Gasteiger partial charge is 0.242 e. The first-order chi connectivity index (χ1) is 18.1. The number of hydrogen-bond acceptors (Lipinski definition) is 6. The molecule has 0 rings (SSSR count). The van der Waals surface area contributed by atoms with Crippen molar-refractivity contribution in [3.05, 3.63) is 20.9 Å². The van der Waals surface area contributed by atoms with E-state index in [2.05, 4.69) is 41.3 Å². The summed E-state index contributed by atoms with van der Waals surface area (Å²) in [6.45, 7) is 8.90. The van der Waals surface area contributed by atoms with E-state index in [0.717, 1.165) is 25.7 Å². The average Bonchev–Trinajstić information content (AvgIpc) is 2.87. The van der Waals surface area contributed by atoms with Gasteiger partial charge in [0.05, 0.1) is 0 Å². The van der Waals surface area contributed by atoms with Crippen LogP contribution in [0.4, 0.5) is 0 Å². The monoisotopic (exact) mass is 536 g/mol. The molecule has 0 fully saturated rings. The van der Waals surface area contributed by atoms with Crippen LogP contribution in [-0.4, -0.2) is 61.9 Å². The zero-order valence-corrected chi connectivity index (χ0v) is 23.1. The van der Waals surface area contributed by atoms with E-state index in [-0.39, 0.29) is 61.4 Å². The van der Waals surface area contributed by atoms with Crippen molar-refractivity contribution in [2.24, 2.45) is 22.1 Å². The van der Waals surface area contributed by atoms with Crippen LogP contribution >= 0.6 is 0 Å². The summed E-state index contributed by atoms with van der Waals surface area (Å²) in [5, 5.41) is 18.0. The fourth-order valence-corrected chi connectivity index (χ4v) is 3.52. The highest BCUT2D eigenvalue weighted by Gasteiger charge is 2.24. The van der Waals surface area contributed by atoms with Crippen molar-refractivity contribution in [2.45, 2.75) is 91.1 Å². The van der Waals surface area contributed by atoms with Crippen LogP contribution in [0.5, 0.6) is 0 Å². The van der Waals surface area contributed by atoms with Gasteiger partial charge in [-0.15, -0.1) is 0 Å². The Labute approximate surface area is 224 Å². The van der Waals surface area contributed by atoms with Gasteiger partial charge < -0.3 is 21.3 Å². The Bertz CT molecular complexity index is 768. The minimum atomic E-state index is -0.627. The Morgan fingerprint density at radius 1 is 0.632 bits per heavy atom. The molecule has 0 aliphatic carbocycles. The predicted molar refractivity (Wildman–Crippen MR) is 145 cm³/mol. The summed E-state index contributed by atoms with van der Waals surface area (Å²) in [6.07, 6.45) is 4.50. The molecule has 0 spiro atoms. The molecule has 38 heavy (non-hydrogen) atoms. The summed E-state index contributed by atoms with van der Waals surface area (Å²) in [5.74, 6) is -1.10. The second-order valence-electron chi connectivity index (χ2n) is 9.69. The zero-order chi connectivity index (χ0) is 28.8. The van der Waals surface area contributed by atoms with Gasteiger partial charge in [0.25, 0.3) is 0 Å². The van der Waals surface area contributed by atoms with Crippen molar-refractivity contribution in [1.82, 2.24) is 21.3 Å². The molecule has 0 saturated heterocycles. The number of carbonyl (C=O) groups excluding carboxylic acids is 4. The van der Waals surface area contributed by atoms with Crippen LogP contribution in [0.2, 0.25) is 0 Å². The van der Waals surface area contributed by atoms with Crippen LogP contribution in [0.15, 0.2) is 10.2 Å². The maximum absolute atomic E-state index is 12.5. The van der Waals surface area contributed by atoms with Crippen molar-refractivity contribution in [1.29, 1.82) is 0 Å². The normalized spacial score (nSPS) is 12.1. The molecule has 214 valence electrons. The molecular formula is C24H44N10O4. The SMILES string of the molecule is CC(C)[C@H](NC(=O)CCCN=[N+]=[N-])C(=O)NCCCCCCNC(=O)[C@@H](NC(=O)CCCN=[N+]=[N-])C(C)C. The second kappa shape index (κ2) is 21.6. The van der Waals surface area contributed by atoms with Gasteiger partial charge in [-0.2, -0.15) is 0 Å². The van der Waals surface area contributed by atoms with Crippen LogP contribution < -0.4 is 21.3 Å². The van der Waals surface area contributed by atoms with Crippen molar-refractivity contribution in [2.75, 3.05) is 26.2 Å². The molecule has 0 saturated carbocycles. The van der Waals surface area contributed by atoms with Gasteiger partial charge in [-0.25, -0.2) is 0 Å². The van der Waals surface area contributed by atoms with E-state index in [1.807, 2.05) is 27.7 Å². The van der Waals surface area contributed by atoms with Crippen LogP contribution in [0, 0.1) is 11.8 Å². The summed E-state index contributed by atoms with van der Waals surface area (Å²) < 4.78 is 0. The van der Waals surface area contributed by atoms with Crippen molar-refractivity contribution in [3.8, 4) is 0 Å². The van der Waals surface area contributed by atoms with Gasteiger partial charge in [-0.1, -0.05) is 50.8 Å². The Morgan fingerprint density at radius 3 is 1.32 bits per heavy atom. The Morgan fingerprint density at radius 2 is 1.00 bits per heavy atom. The lowest BCUT2D eigenvalue weighted by molar-refractivity contribution is -0.130. The molecule has 0 heterocycles. The number of rotatable bonds is 21. The Balaban J connectivity index is 4.18. The third-order valence-corrected chi connectivity index (χ3v) is 5.68. The van der Waals surface area contributed by atoms with E-state index < -0.39 is 12.1 Å².